The Balaban J connectivity index is 1.88. The highest BCUT2D eigenvalue weighted by Gasteiger charge is 2.42. The van der Waals surface area contributed by atoms with Gasteiger partial charge in [0.05, 0.1) is 5.92 Å². The van der Waals surface area contributed by atoms with Gasteiger partial charge in [-0.3, -0.25) is 4.89 Å². The molecule has 2 fully saturated rings. The van der Waals surface area contributed by atoms with E-state index in [1.165, 1.54) is 0 Å². The van der Waals surface area contributed by atoms with E-state index in [0.717, 1.165) is 38.5 Å². The highest BCUT2D eigenvalue weighted by atomic mass is 17.2. The van der Waals surface area contributed by atoms with Crippen LogP contribution in [0.3, 0.4) is 0 Å². The first-order valence-corrected chi connectivity index (χ1v) is 9.74. The minimum Gasteiger partial charge on any atom is -0.431 e. The molecule has 2 aliphatic carbocycles. The quantitative estimate of drug-likeness (QED) is 0.404. The van der Waals surface area contributed by atoms with Crippen molar-refractivity contribution in [1.82, 2.24) is 0 Å². The highest BCUT2D eigenvalue weighted by Crippen LogP contribution is 2.44. The first kappa shape index (κ1) is 21.0. The zero-order valence-corrected chi connectivity index (χ0v) is 17.0. The Kier molecular flexibility index (Phi) is 6.59. The zero-order chi connectivity index (χ0) is 19.5. The van der Waals surface area contributed by atoms with Gasteiger partial charge in [0.15, 0.2) is 0 Å². The zero-order valence-electron chi connectivity index (χ0n) is 17.0. The third kappa shape index (κ3) is 6.45. The summed E-state index contributed by atoms with van der Waals surface area (Å²) >= 11 is 0. The number of rotatable bonds is 3. The third-order valence-corrected chi connectivity index (χ3v) is 4.93. The van der Waals surface area contributed by atoms with Crippen molar-refractivity contribution in [3.63, 3.8) is 0 Å². The molecule has 6 nitrogen and oxygen atoms in total. The topological polar surface area (TPSA) is 71.1 Å². The second-order valence-electron chi connectivity index (χ2n) is 9.58. The first-order valence-electron chi connectivity index (χ1n) is 9.74. The predicted molar refractivity (Wildman–Crippen MR) is 96.2 cm³/mol. The molecule has 0 aromatic heterocycles. The normalized spacial score (nSPS) is 29.5. The van der Waals surface area contributed by atoms with Gasteiger partial charge in [0.2, 0.25) is 0 Å². The maximum absolute atomic E-state index is 12.3. The molecule has 6 heteroatoms. The fraction of sp³-hybridized carbons (Fsp3) is 0.900. The lowest BCUT2D eigenvalue weighted by Crippen LogP contribution is -2.42. The van der Waals surface area contributed by atoms with Crippen LogP contribution in [0.2, 0.25) is 0 Å². The largest absolute Gasteiger partial charge is 0.509 e. The second kappa shape index (κ2) is 8.15. The van der Waals surface area contributed by atoms with Crippen LogP contribution in [0.1, 0.15) is 80.1 Å². The maximum Gasteiger partial charge on any atom is 0.509 e. The van der Waals surface area contributed by atoms with E-state index in [9.17, 15) is 9.59 Å². The Morgan fingerprint density at radius 1 is 0.885 bits per heavy atom. The third-order valence-electron chi connectivity index (χ3n) is 4.93. The molecule has 2 rings (SSSR count). The molecule has 0 radical (unpaired) electrons. The van der Waals surface area contributed by atoms with Gasteiger partial charge < -0.3 is 9.47 Å². The average molecular weight is 370 g/mol. The summed E-state index contributed by atoms with van der Waals surface area (Å²) in [4.78, 5) is 34.5. The molecule has 150 valence electrons. The molecule has 4 unspecified atom stereocenters. The van der Waals surface area contributed by atoms with E-state index < -0.39 is 17.4 Å². The van der Waals surface area contributed by atoms with Crippen LogP contribution in [0.5, 0.6) is 0 Å². The van der Waals surface area contributed by atoms with E-state index in [4.69, 9.17) is 19.2 Å². The van der Waals surface area contributed by atoms with Crippen LogP contribution < -0.4 is 0 Å². The minimum absolute atomic E-state index is 0.119. The van der Waals surface area contributed by atoms with Crippen molar-refractivity contribution in [3.05, 3.63) is 0 Å². The molecule has 0 aromatic rings. The van der Waals surface area contributed by atoms with Crippen molar-refractivity contribution >= 4 is 12.1 Å². The predicted octanol–water partition coefficient (Wildman–Crippen LogP) is 4.80. The summed E-state index contributed by atoms with van der Waals surface area (Å²) < 4.78 is 10.9. The van der Waals surface area contributed by atoms with Gasteiger partial charge in [0, 0.05) is 0 Å². The van der Waals surface area contributed by atoms with Crippen LogP contribution in [0.4, 0.5) is 4.79 Å². The van der Waals surface area contributed by atoms with Crippen molar-refractivity contribution < 1.29 is 28.8 Å². The van der Waals surface area contributed by atoms with Gasteiger partial charge in [-0.15, -0.1) is 0 Å². The maximum atomic E-state index is 12.3. The average Bonchev–Trinajstić information content (AvgIpc) is 2.49. The Morgan fingerprint density at radius 2 is 1.58 bits per heavy atom. The number of fused-ring (bicyclic) bond motifs is 1. The van der Waals surface area contributed by atoms with Crippen molar-refractivity contribution in [2.75, 3.05) is 0 Å². The summed E-state index contributed by atoms with van der Waals surface area (Å²) in [5, 5.41) is 0. The Labute approximate surface area is 156 Å². The molecule has 2 aliphatic rings. The summed E-state index contributed by atoms with van der Waals surface area (Å²) in [6.45, 7) is 11.0. The molecule has 0 aliphatic heterocycles. The molecule has 0 aromatic carbocycles. The molecule has 0 amide bonds. The Bertz CT molecular complexity index is 501. The van der Waals surface area contributed by atoms with Crippen LogP contribution in [-0.2, 0) is 24.0 Å². The first-order chi connectivity index (χ1) is 11.9. The van der Waals surface area contributed by atoms with Gasteiger partial charge in [-0.2, -0.15) is 4.89 Å². The molecule has 0 heterocycles. The number of hydrogen-bond donors (Lipinski definition) is 0. The van der Waals surface area contributed by atoms with Crippen molar-refractivity contribution in [1.29, 1.82) is 0 Å². The molecular formula is C20H34O6. The van der Waals surface area contributed by atoms with Crippen LogP contribution >= 0.6 is 0 Å². The van der Waals surface area contributed by atoms with E-state index in [2.05, 4.69) is 0 Å². The molecule has 0 bridgehead atoms. The Hall–Kier alpha value is -1.30. The summed E-state index contributed by atoms with van der Waals surface area (Å²) in [5.74, 6) is 0.244. The summed E-state index contributed by atoms with van der Waals surface area (Å²) in [7, 11) is 0. The molecule has 4 atom stereocenters. The monoisotopic (exact) mass is 370 g/mol. The van der Waals surface area contributed by atoms with Crippen molar-refractivity contribution in [2.45, 2.75) is 97.4 Å². The van der Waals surface area contributed by atoms with Gasteiger partial charge in [-0.05, 0) is 91.9 Å². The molecule has 26 heavy (non-hydrogen) atoms. The lowest BCUT2D eigenvalue weighted by Gasteiger charge is -2.42. The van der Waals surface area contributed by atoms with E-state index in [0.29, 0.717) is 11.8 Å². The van der Waals surface area contributed by atoms with Gasteiger partial charge in [0.1, 0.15) is 17.3 Å². The fourth-order valence-electron chi connectivity index (χ4n) is 3.90. The summed E-state index contributed by atoms with van der Waals surface area (Å²) in [6, 6.07) is 0. The van der Waals surface area contributed by atoms with E-state index in [-0.39, 0.29) is 18.0 Å². The minimum atomic E-state index is -0.594. The van der Waals surface area contributed by atoms with Crippen molar-refractivity contribution in [3.8, 4) is 0 Å². The number of carbonyl (C=O) groups excluding carboxylic acids is 2. The van der Waals surface area contributed by atoms with Gasteiger partial charge in [-0.1, -0.05) is 0 Å². The smallest absolute Gasteiger partial charge is 0.431 e. The molecule has 0 N–H and O–H groups in total. The van der Waals surface area contributed by atoms with Crippen LogP contribution in [0, 0.1) is 17.8 Å². The molecule has 0 spiro atoms. The molecule has 0 saturated heterocycles. The lowest BCUT2D eigenvalue weighted by molar-refractivity contribution is -0.324. The summed E-state index contributed by atoms with van der Waals surface area (Å²) in [5.41, 5.74) is -1.07. The van der Waals surface area contributed by atoms with Gasteiger partial charge >= 0.3 is 12.1 Å². The van der Waals surface area contributed by atoms with Crippen molar-refractivity contribution in [2.24, 2.45) is 17.8 Å². The van der Waals surface area contributed by atoms with Crippen LogP contribution in [0.25, 0.3) is 0 Å². The fourth-order valence-corrected chi connectivity index (χ4v) is 3.90. The molecule has 2 saturated carbocycles. The van der Waals surface area contributed by atoms with E-state index in [1.54, 1.807) is 0 Å². The number of ether oxygens (including phenoxy) is 2. The van der Waals surface area contributed by atoms with Gasteiger partial charge in [0.25, 0.3) is 0 Å². The molecular weight excluding hydrogens is 336 g/mol. The lowest BCUT2D eigenvalue weighted by atomic mass is 9.66. The summed E-state index contributed by atoms with van der Waals surface area (Å²) in [6.07, 6.45) is 4.57. The SMILES string of the molecule is CC(C)(C)OOC(=O)C1CCC2C(CCCC2OC(=O)OC(C)(C)C)C1. The second-order valence-corrected chi connectivity index (χ2v) is 9.58. The number of carbonyl (C=O) groups is 2. The number of hydrogen-bond acceptors (Lipinski definition) is 6. The van der Waals surface area contributed by atoms with E-state index >= 15 is 0 Å². The highest BCUT2D eigenvalue weighted by molar-refractivity contribution is 5.72. The standard InChI is InChI=1S/C20H34O6/c1-19(2,3)24-18(22)23-16-9-7-8-13-12-14(10-11-15(13)16)17(21)25-26-20(4,5)6/h13-16H,7-12H2,1-6H3. The van der Waals surface area contributed by atoms with Gasteiger partial charge in [-0.25, -0.2) is 9.59 Å². The van der Waals surface area contributed by atoms with Crippen LogP contribution in [0.15, 0.2) is 0 Å². The van der Waals surface area contributed by atoms with Crippen LogP contribution in [-0.4, -0.2) is 29.4 Å². The Morgan fingerprint density at radius 3 is 2.19 bits per heavy atom. The van der Waals surface area contributed by atoms with E-state index in [1.807, 2.05) is 41.5 Å².